The van der Waals surface area contributed by atoms with Gasteiger partial charge in [-0.1, -0.05) is 0 Å². The summed E-state index contributed by atoms with van der Waals surface area (Å²) < 4.78 is 0. The Kier molecular flexibility index (Phi) is 3.83. The summed E-state index contributed by atoms with van der Waals surface area (Å²) in [5.74, 6) is 0.768. The number of hydrogen-bond acceptors (Lipinski definition) is 6. The van der Waals surface area contributed by atoms with Crippen LogP contribution in [0.2, 0.25) is 0 Å². The summed E-state index contributed by atoms with van der Waals surface area (Å²) in [6.45, 7) is 4.34. The average molecular weight is 303 g/mol. The number of aryl methyl sites for hydroxylation is 1. The van der Waals surface area contributed by atoms with Crippen LogP contribution in [-0.2, 0) is 4.79 Å². The van der Waals surface area contributed by atoms with E-state index in [1.54, 1.807) is 19.3 Å². The van der Waals surface area contributed by atoms with Crippen molar-refractivity contribution >= 4 is 28.2 Å². The average Bonchev–Trinajstić information content (AvgIpc) is 3.08. The van der Waals surface area contributed by atoms with E-state index in [2.05, 4.69) is 20.3 Å². The summed E-state index contributed by atoms with van der Waals surface area (Å²) >= 11 is 1.53. The number of nitrogens with one attached hydrogen (secondary N) is 1. The molecule has 21 heavy (non-hydrogen) atoms. The molecule has 7 heteroatoms. The molecule has 0 bridgehead atoms. The Morgan fingerprint density at radius 3 is 2.95 bits per heavy atom. The number of carbonyl (C=O) groups is 1. The summed E-state index contributed by atoms with van der Waals surface area (Å²) in [5, 5.41) is 6.00. The second kappa shape index (κ2) is 5.77. The zero-order valence-electron chi connectivity index (χ0n) is 12.0. The normalized spacial score (nSPS) is 18.0. The molecule has 1 atom stereocenters. The van der Waals surface area contributed by atoms with Gasteiger partial charge in [-0.2, -0.15) is 0 Å². The maximum atomic E-state index is 11.7. The van der Waals surface area contributed by atoms with Crippen molar-refractivity contribution in [3.63, 3.8) is 0 Å². The van der Waals surface area contributed by atoms with Crippen molar-refractivity contribution in [2.75, 3.05) is 11.9 Å². The van der Waals surface area contributed by atoms with Gasteiger partial charge >= 0.3 is 0 Å². The minimum atomic E-state index is -0.000223. The van der Waals surface area contributed by atoms with Gasteiger partial charge in [-0.15, -0.1) is 11.3 Å². The zero-order chi connectivity index (χ0) is 14.8. The lowest BCUT2D eigenvalue weighted by molar-refractivity contribution is -0.129. The van der Waals surface area contributed by atoms with Crippen molar-refractivity contribution in [3.05, 3.63) is 29.2 Å². The highest BCUT2D eigenvalue weighted by molar-refractivity contribution is 7.13. The van der Waals surface area contributed by atoms with Gasteiger partial charge in [-0.3, -0.25) is 9.78 Å². The maximum Gasteiger partial charge on any atom is 0.220 e. The molecular formula is C14H17N5OS. The minimum Gasteiger partial charge on any atom is -0.334 e. The Bertz CT molecular complexity index is 656. The quantitative estimate of drug-likeness (QED) is 0.944. The van der Waals surface area contributed by atoms with Gasteiger partial charge in [0.2, 0.25) is 5.91 Å². The first-order valence-electron chi connectivity index (χ1n) is 6.92. The number of carbonyl (C=O) groups excluding carboxylic acids is 1. The molecule has 0 aromatic carbocycles. The number of nitrogens with zero attached hydrogens (tertiary/aromatic N) is 4. The number of aromatic nitrogens is 3. The Balaban J connectivity index is 1.90. The Morgan fingerprint density at radius 2 is 2.24 bits per heavy atom. The van der Waals surface area contributed by atoms with Gasteiger partial charge < -0.3 is 10.2 Å². The molecule has 1 saturated heterocycles. The molecule has 1 aliphatic rings. The molecule has 2 aromatic heterocycles. The number of amides is 1. The minimum absolute atomic E-state index is 0.000223. The fourth-order valence-electron chi connectivity index (χ4n) is 2.63. The monoisotopic (exact) mass is 303 g/mol. The molecule has 2 aromatic rings. The molecule has 3 heterocycles. The largest absolute Gasteiger partial charge is 0.334 e. The smallest absolute Gasteiger partial charge is 0.220 e. The van der Waals surface area contributed by atoms with Gasteiger partial charge in [0.1, 0.15) is 5.69 Å². The summed E-state index contributed by atoms with van der Waals surface area (Å²) in [4.78, 5) is 26.8. The van der Waals surface area contributed by atoms with E-state index in [0.717, 1.165) is 35.9 Å². The van der Waals surface area contributed by atoms with Crippen LogP contribution < -0.4 is 5.32 Å². The van der Waals surface area contributed by atoms with Gasteiger partial charge in [0.05, 0.1) is 11.7 Å². The highest BCUT2D eigenvalue weighted by atomic mass is 32.1. The van der Waals surface area contributed by atoms with Crippen LogP contribution in [0.5, 0.6) is 0 Å². The Labute approximate surface area is 127 Å². The van der Waals surface area contributed by atoms with Crippen LogP contribution in [0, 0.1) is 6.92 Å². The Morgan fingerprint density at radius 1 is 1.43 bits per heavy atom. The lowest BCUT2D eigenvalue weighted by Crippen LogP contribution is -2.29. The van der Waals surface area contributed by atoms with Crippen molar-refractivity contribution < 1.29 is 4.79 Å². The molecule has 0 radical (unpaired) electrons. The molecule has 0 aliphatic carbocycles. The molecule has 1 fully saturated rings. The first kappa shape index (κ1) is 13.9. The number of rotatable bonds is 3. The van der Waals surface area contributed by atoms with Crippen LogP contribution in [0.25, 0.3) is 0 Å². The van der Waals surface area contributed by atoms with Crippen LogP contribution in [0.15, 0.2) is 17.8 Å². The van der Waals surface area contributed by atoms with Gasteiger partial charge in [-0.05, 0) is 19.8 Å². The van der Waals surface area contributed by atoms with E-state index < -0.39 is 0 Å². The van der Waals surface area contributed by atoms with Crippen LogP contribution in [0.1, 0.15) is 37.2 Å². The lowest BCUT2D eigenvalue weighted by Gasteiger charge is -2.24. The van der Waals surface area contributed by atoms with Crippen molar-refractivity contribution in [2.24, 2.45) is 0 Å². The van der Waals surface area contributed by atoms with E-state index in [-0.39, 0.29) is 11.9 Å². The molecule has 1 amide bonds. The van der Waals surface area contributed by atoms with Crippen molar-refractivity contribution in [3.8, 4) is 0 Å². The van der Waals surface area contributed by atoms with Gasteiger partial charge in [-0.25, -0.2) is 9.97 Å². The van der Waals surface area contributed by atoms with Crippen LogP contribution in [0.4, 0.5) is 10.9 Å². The predicted octanol–water partition coefficient (Wildman–Crippen LogP) is 2.67. The van der Waals surface area contributed by atoms with E-state index in [4.69, 9.17) is 0 Å². The lowest BCUT2D eigenvalue weighted by atomic mass is 10.1. The fraction of sp³-hybridized carbons (Fsp3) is 0.429. The zero-order valence-corrected chi connectivity index (χ0v) is 12.9. The first-order chi connectivity index (χ1) is 10.1. The van der Waals surface area contributed by atoms with E-state index in [1.165, 1.54) is 11.3 Å². The number of anilines is 2. The highest BCUT2D eigenvalue weighted by Crippen LogP contribution is 2.34. The first-order valence-corrected chi connectivity index (χ1v) is 7.80. The van der Waals surface area contributed by atoms with E-state index >= 15 is 0 Å². The maximum absolute atomic E-state index is 11.7. The van der Waals surface area contributed by atoms with Crippen molar-refractivity contribution in [2.45, 2.75) is 32.7 Å². The molecule has 0 saturated carbocycles. The third kappa shape index (κ3) is 2.87. The SMILES string of the molecule is CC(=O)N1CCC[C@@H]1c1nccnc1Nc1nc(C)cs1. The molecule has 0 unspecified atom stereocenters. The molecule has 1 N–H and O–H groups in total. The summed E-state index contributed by atoms with van der Waals surface area (Å²) in [6, 6.07) is -0.000223. The van der Waals surface area contributed by atoms with Gasteiger partial charge in [0.25, 0.3) is 0 Å². The summed E-state index contributed by atoms with van der Waals surface area (Å²) in [7, 11) is 0. The Hall–Kier alpha value is -2.02. The van der Waals surface area contributed by atoms with E-state index in [9.17, 15) is 4.79 Å². The van der Waals surface area contributed by atoms with Crippen molar-refractivity contribution in [1.29, 1.82) is 0 Å². The number of thiazole rings is 1. The van der Waals surface area contributed by atoms with Gasteiger partial charge in [0, 0.05) is 31.2 Å². The van der Waals surface area contributed by atoms with E-state index in [0.29, 0.717) is 5.82 Å². The second-order valence-electron chi connectivity index (χ2n) is 5.08. The summed E-state index contributed by atoms with van der Waals surface area (Å²) in [6.07, 6.45) is 5.24. The van der Waals surface area contributed by atoms with Crippen LogP contribution in [0.3, 0.4) is 0 Å². The number of hydrogen-bond donors (Lipinski definition) is 1. The topological polar surface area (TPSA) is 71.0 Å². The molecule has 3 rings (SSSR count). The van der Waals surface area contributed by atoms with Gasteiger partial charge in [0.15, 0.2) is 10.9 Å². The standard InChI is InChI=1S/C14H17N5OS/c1-9-8-21-14(17-9)18-13-12(15-5-6-16-13)11-4-3-7-19(11)10(2)20/h5-6,8,11H,3-4,7H2,1-2H3,(H,16,17,18)/t11-/m1/s1. The molecular weight excluding hydrogens is 286 g/mol. The van der Waals surface area contributed by atoms with Crippen LogP contribution in [-0.4, -0.2) is 32.3 Å². The highest BCUT2D eigenvalue weighted by Gasteiger charge is 2.31. The number of likely N-dealkylation sites (tertiary alicyclic amines) is 1. The third-order valence-electron chi connectivity index (χ3n) is 3.54. The van der Waals surface area contributed by atoms with Crippen molar-refractivity contribution in [1.82, 2.24) is 19.9 Å². The third-order valence-corrected chi connectivity index (χ3v) is 4.42. The van der Waals surface area contributed by atoms with Crippen LogP contribution >= 0.6 is 11.3 Å². The van der Waals surface area contributed by atoms with E-state index in [1.807, 2.05) is 17.2 Å². The summed E-state index contributed by atoms with van der Waals surface area (Å²) in [5.41, 5.74) is 1.79. The fourth-order valence-corrected chi connectivity index (χ4v) is 3.32. The predicted molar refractivity (Wildman–Crippen MR) is 81.5 cm³/mol. The molecule has 110 valence electrons. The second-order valence-corrected chi connectivity index (χ2v) is 5.94. The molecule has 0 spiro atoms. The molecule has 1 aliphatic heterocycles. The molecule has 6 nitrogen and oxygen atoms in total.